The van der Waals surface area contributed by atoms with Gasteiger partial charge in [0.15, 0.2) is 0 Å². The Morgan fingerprint density at radius 3 is 2.21 bits per heavy atom. The molecule has 1 aromatic heterocycles. The van der Waals surface area contributed by atoms with Gasteiger partial charge in [0, 0.05) is 45.7 Å². The van der Waals surface area contributed by atoms with Gasteiger partial charge in [0.25, 0.3) is 5.91 Å². The lowest BCUT2D eigenvalue weighted by Crippen LogP contribution is -2.41. The largest absolute Gasteiger partial charge is 0.446 e. The van der Waals surface area contributed by atoms with Crippen molar-refractivity contribution < 1.29 is 19.4 Å². The maximum Gasteiger partial charge on any atom is 0.410 e. The van der Waals surface area contributed by atoms with E-state index in [9.17, 15) is 14.7 Å². The number of fused-ring (bicyclic) bond motifs is 1. The summed E-state index contributed by atoms with van der Waals surface area (Å²) in [6.07, 6.45) is 5.92. The van der Waals surface area contributed by atoms with Crippen LogP contribution >= 0.6 is 0 Å². The van der Waals surface area contributed by atoms with E-state index in [0.29, 0.717) is 35.7 Å². The van der Waals surface area contributed by atoms with Crippen LogP contribution in [0.4, 0.5) is 4.79 Å². The molecule has 2 amide bonds. The van der Waals surface area contributed by atoms with Gasteiger partial charge in [-0.1, -0.05) is 30.3 Å². The highest BCUT2D eigenvalue weighted by molar-refractivity contribution is 5.96. The molecule has 9 heteroatoms. The lowest BCUT2D eigenvalue weighted by Gasteiger charge is -2.37. The second-order valence-electron chi connectivity index (χ2n) is 13.0. The van der Waals surface area contributed by atoms with Crippen molar-refractivity contribution in [3.63, 3.8) is 0 Å². The van der Waals surface area contributed by atoms with E-state index in [0.717, 1.165) is 89.3 Å². The Bertz CT molecular complexity index is 1220. The highest BCUT2D eigenvalue weighted by atomic mass is 16.6. The SMILES string of the molecule is Cc1ncnc(C)c1C(=O)N1CC2CN(CCC(c3ccccc3)C3CCN(C(=O)OC4CCC(O)C4)CC3)CC2C1. The molecular weight excluding hydrogens is 530 g/mol. The molecule has 9 nitrogen and oxygen atoms in total. The van der Waals surface area contributed by atoms with E-state index in [1.165, 1.54) is 11.9 Å². The van der Waals surface area contributed by atoms with Gasteiger partial charge in [-0.3, -0.25) is 4.79 Å². The molecule has 4 fully saturated rings. The molecule has 0 bridgehead atoms. The highest BCUT2D eigenvalue weighted by Crippen LogP contribution is 2.38. The zero-order valence-electron chi connectivity index (χ0n) is 25.0. The number of aliphatic hydroxyl groups excluding tert-OH is 1. The third kappa shape index (κ3) is 6.32. The number of ether oxygens (including phenoxy) is 1. The van der Waals surface area contributed by atoms with Crippen LogP contribution in [0, 0.1) is 31.6 Å². The van der Waals surface area contributed by atoms with Crippen molar-refractivity contribution in [3.8, 4) is 0 Å². The molecule has 1 aliphatic carbocycles. The van der Waals surface area contributed by atoms with Crippen LogP contribution in [0.2, 0.25) is 0 Å². The van der Waals surface area contributed by atoms with Gasteiger partial charge in [0.2, 0.25) is 0 Å². The standard InChI is InChI=1S/C33H45N5O4/c1-22-31(23(2)35-21-34-22)32(40)38-19-26-17-36(18-27(26)20-38)13-12-30(24-6-4-3-5-7-24)25-10-14-37(15-11-25)33(41)42-29-9-8-28(39)16-29/h3-7,21,25-30,39H,8-20H2,1-2H3. The summed E-state index contributed by atoms with van der Waals surface area (Å²) in [7, 11) is 0. The Hall–Kier alpha value is -3.04. The second-order valence-corrected chi connectivity index (χ2v) is 13.0. The van der Waals surface area contributed by atoms with Gasteiger partial charge in [-0.25, -0.2) is 14.8 Å². The van der Waals surface area contributed by atoms with E-state index in [1.807, 2.05) is 23.6 Å². The van der Waals surface area contributed by atoms with Gasteiger partial charge in [-0.05, 0) is 81.7 Å². The number of aliphatic hydroxyl groups is 1. The first-order chi connectivity index (χ1) is 20.4. The van der Waals surface area contributed by atoms with Gasteiger partial charge < -0.3 is 24.5 Å². The molecule has 1 aromatic carbocycles. The van der Waals surface area contributed by atoms with Crippen LogP contribution in [0.25, 0.3) is 0 Å². The van der Waals surface area contributed by atoms with Crippen molar-refractivity contribution >= 4 is 12.0 Å². The molecule has 3 aliphatic heterocycles. The van der Waals surface area contributed by atoms with Gasteiger partial charge in [-0.2, -0.15) is 0 Å². The molecule has 0 spiro atoms. The third-order valence-electron chi connectivity index (χ3n) is 10.3. The summed E-state index contributed by atoms with van der Waals surface area (Å²) in [5.74, 6) is 2.09. The van der Waals surface area contributed by atoms with Gasteiger partial charge in [0.05, 0.1) is 23.1 Å². The molecule has 42 heavy (non-hydrogen) atoms. The first kappa shape index (κ1) is 29.1. The topological polar surface area (TPSA) is 99.1 Å². The highest BCUT2D eigenvalue weighted by Gasteiger charge is 2.42. The van der Waals surface area contributed by atoms with Crippen LogP contribution in [0.5, 0.6) is 0 Å². The van der Waals surface area contributed by atoms with E-state index in [-0.39, 0.29) is 24.2 Å². The van der Waals surface area contributed by atoms with Crippen LogP contribution < -0.4 is 0 Å². The summed E-state index contributed by atoms with van der Waals surface area (Å²) in [4.78, 5) is 41.1. The van der Waals surface area contributed by atoms with Crippen molar-refractivity contribution in [1.82, 2.24) is 24.7 Å². The fourth-order valence-corrected chi connectivity index (χ4v) is 7.92. The number of carbonyl (C=O) groups is 2. The minimum Gasteiger partial charge on any atom is -0.446 e. The fourth-order valence-electron chi connectivity index (χ4n) is 7.92. The Morgan fingerprint density at radius 1 is 0.929 bits per heavy atom. The van der Waals surface area contributed by atoms with Gasteiger partial charge >= 0.3 is 6.09 Å². The fraction of sp³-hybridized carbons (Fsp3) is 0.636. The zero-order chi connectivity index (χ0) is 29.2. The first-order valence-electron chi connectivity index (χ1n) is 15.8. The number of amides is 2. The molecule has 4 aliphatic rings. The molecule has 3 saturated heterocycles. The van der Waals surface area contributed by atoms with Crippen LogP contribution in [-0.2, 0) is 4.74 Å². The number of rotatable bonds is 7. The summed E-state index contributed by atoms with van der Waals surface area (Å²) in [5, 5.41) is 9.77. The maximum absolute atomic E-state index is 13.3. The molecule has 6 rings (SSSR count). The van der Waals surface area contributed by atoms with E-state index in [1.54, 1.807) is 0 Å². The van der Waals surface area contributed by atoms with E-state index in [2.05, 4.69) is 45.2 Å². The lowest BCUT2D eigenvalue weighted by atomic mass is 9.78. The molecule has 1 N–H and O–H groups in total. The Balaban J connectivity index is 1.02. The average molecular weight is 576 g/mol. The minimum absolute atomic E-state index is 0.0757. The third-order valence-corrected chi connectivity index (χ3v) is 10.3. The van der Waals surface area contributed by atoms with Crippen LogP contribution in [-0.4, -0.2) is 99.8 Å². The van der Waals surface area contributed by atoms with Gasteiger partial charge in [0.1, 0.15) is 12.4 Å². The molecule has 1 saturated carbocycles. The lowest BCUT2D eigenvalue weighted by molar-refractivity contribution is 0.0473. The van der Waals surface area contributed by atoms with Crippen molar-refractivity contribution in [2.75, 3.05) is 45.8 Å². The number of carbonyl (C=O) groups excluding carboxylic acids is 2. The van der Waals surface area contributed by atoms with Crippen molar-refractivity contribution in [2.24, 2.45) is 17.8 Å². The molecule has 0 radical (unpaired) electrons. The smallest absolute Gasteiger partial charge is 0.410 e. The predicted molar refractivity (Wildman–Crippen MR) is 159 cm³/mol. The second kappa shape index (κ2) is 12.7. The summed E-state index contributed by atoms with van der Waals surface area (Å²) >= 11 is 0. The van der Waals surface area contributed by atoms with Crippen molar-refractivity contribution in [1.29, 1.82) is 0 Å². The van der Waals surface area contributed by atoms with Gasteiger partial charge in [-0.15, -0.1) is 0 Å². The van der Waals surface area contributed by atoms with E-state index < -0.39 is 0 Å². The van der Waals surface area contributed by atoms with Crippen LogP contribution in [0.3, 0.4) is 0 Å². The molecule has 5 unspecified atom stereocenters. The number of hydrogen-bond acceptors (Lipinski definition) is 7. The number of benzene rings is 1. The summed E-state index contributed by atoms with van der Waals surface area (Å²) in [6, 6.07) is 10.9. The number of hydrogen-bond donors (Lipinski definition) is 1. The molecule has 2 aromatic rings. The first-order valence-corrected chi connectivity index (χ1v) is 15.8. The van der Waals surface area contributed by atoms with Crippen molar-refractivity contribution in [3.05, 3.63) is 59.2 Å². The molecule has 5 atom stereocenters. The normalized spacial score (nSPS) is 27.3. The molecule has 4 heterocycles. The number of aromatic nitrogens is 2. The molecular formula is C33H45N5O4. The number of likely N-dealkylation sites (tertiary alicyclic amines) is 3. The number of nitrogens with zero attached hydrogens (tertiary/aromatic N) is 5. The summed E-state index contributed by atoms with van der Waals surface area (Å²) < 4.78 is 5.70. The van der Waals surface area contributed by atoms with Crippen molar-refractivity contribution in [2.45, 2.75) is 70.5 Å². The maximum atomic E-state index is 13.3. The average Bonchev–Trinajstić information content (AvgIpc) is 3.69. The number of aryl methyl sites for hydroxylation is 2. The predicted octanol–water partition coefficient (Wildman–Crippen LogP) is 4.03. The minimum atomic E-state index is -0.338. The van der Waals surface area contributed by atoms with Crippen LogP contribution in [0.15, 0.2) is 36.7 Å². The Morgan fingerprint density at radius 2 is 1.60 bits per heavy atom. The van der Waals surface area contributed by atoms with E-state index in [4.69, 9.17) is 4.74 Å². The number of piperidine rings is 1. The van der Waals surface area contributed by atoms with Crippen LogP contribution in [0.1, 0.15) is 71.8 Å². The quantitative estimate of drug-likeness (QED) is 0.532. The summed E-state index contributed by atoms with van der Waals surface area (Å²) in [6.45, 7) is 9.99. The Kier molecular flexibility index (Phi) is 8.77. The summed E-state index contributed by atoms with van der Waals surface area (Å²) in [5.41, 5.74) is 3.58. The Labute approximate surface area is 249 Å². The molecule has 226 valence electrons. The van der Waals surface area contributed by atoms with E-state index >= 15 is 0 Å². The monoisotopic (exact) mass is 575 g/mol. The zero-order valence-corrected chi connectivity index (χ0v) is 25.0.